The molecule has 0 fully saturated rings. The number of nitrogens with one attached hydrogen (secondary N) is 2. The van der Waals surface area contributed by atoms with Gasteiger partial charge in [0.15, 0.2) is 0 Å². The smallest absolute Gasteiger partial charge is 0.261 e. The van der Waals surface area contributed by atoms with Crippen LogP contribution < -0.4 is 14.8 Å². The van der Waals surface area contributed by atoms with Crippen molar-refractivity contribution in [2.24, 2.45) is 0 Å². The molecule has 3 aromatic carbocycles. The van der Waals surface area contributed by atoms with Crippen molar-refractivity contribution >= 4 is 21.6 Å². The summed E-state index contributed by atoms with van der Waals surface area (Å²) >= 11 is 0. The first-order chi connectivity index (χ1) is 14.9. The van der Waals surface area contributed by atoms with Crippen LogP contribution in [0.4, 0.5) is 5.69 Å². The van der Waals surface area contributed by atoms with Crippen molar-refractivity contribution in [1.29, 1.82) is 0 Å². The minimum Gasteiger partial charge on any atom is -0.497 e. The molecule has 31 heavy (non-hydrogen) atoms. The average molecular weight is 439 g/mol. The lowest BCUT2D eigenvalue weighted by Gasteiger charge is -2.12. The molecular weight excluding hydrogens is 412 g/mol. The summed E-state index contributed by atoms with van der Waals surface area (Å²) in [5.74, 6) is 0.344. The summed E-state index contributed by atoms with van der Waals surface area (Å²) in [5, 5.41) is 2.88. The highest BCUT2D eigenvalue weighted by Crippen LogP contribution is 2.21. The summed E-state index contributed by atoms with van der Waals surface area (Å²) in [7, 11) is -2.30. The molecule has 0 aliphatic rings. The van der Waals surface area contributed by atoms with Crippen molar-refractivity contribution in [1.82, 2.24) is 5.32 Å². The normalized spacial score (nSPS) is 11.0. The molecule has 0 aliphatic heterocycles. The zero-order valence-corrected chi connectivity index (χ0v) is 18.4. The fraction of sp³-hybridized carbons (Fsp3) is 0.208. The van der Waals surface area contributed by atoms with Crippen LogP contribution in [0.1, 0.15) is 27.9 Å². The van der Waals surface area contributed by atoms with E-state index in [4.69, 9.17) is 4.74 Å². The van der Waals surface area contributed by atoms with Crippen LogP contribution >= 0.6 is 0 Å². The maximum Gasteiger partial charge on any atom is 0.261 e. The van der Waals surface area contributed by atoms with Crippen molar-refractivity contribution in [2.45, 2.75) is 24.7 Å². The Morgan fingerprint density at radius 2 is 1.68 bits per heavy atom. The predicted molar refractivity (Wildman–Crippen MR) is 122 cm³/mol. The molecule has 0 aromatic heterocycles. The monoisotopic (exact) mass is 438 g/mol. The second-order valence-corrected chi connectivity index (χ2v) is 8.84. The van der Waals surface area contributed by atoms with E-state index in [1.54, 1.807) is 44.4 Å². The Balaban J connectivity index is 1.65. The SMILES string of the molecule is COc1ccc(NS(=O)(=O)c2ccc(C)c(C(=O)NCCCc3ccccc3)c2)cc1. The number of anilines is 1. The highest BCUT2D eigenvalue weighted by molar-refractivity contribution is 7.92. The Morgan fingerprint density at radius 1 is 0.968 bits per heavy atom. The van der Waals surface area contributed by atoms with Crippen molar-refractivity contribution < 1.29 is 17.9 Å². The van der Waals surface area contributed by atoms with Crippen LogP contribution in [-0.4, -0.2) is 28.0 Å². The molecule has 162 valence electrons. The molecule has 0 saturated carbocycles. The summed E-state index contributed by atoms with van der Waals surface area (Å²) < 4.78 is 33.2. The van der Waals surface area contributed by atoms with Crippen molar-refractivity contribution in [3.63, 3.8) is 0 Å². The highest BCUT2D eigenvalue weighted by atomic mass is 32.2. The number of hydrogen-bond acceptors (Lipinski definition) is 4. The molecule has 0 heterocycles. The van der Waals surface area contributed by atoms with Crippen LogP contribution in [0.25, 0.3) is 0 Å². The quantitative estimate of drug-likeness (QED) is 0.491. The van der Waals surface area contributed by atoms with Gasteiger partial charge in [0, 0.05) is 17.8 Å². The van der Waals surface area contributed by atoms with Crippen LogP contribution in [0.5, 0.6) is 5.75 Å². The number of rotatable bonds is 9. The molecule has 7 heteroatoms. The molecule has 0 bridgehead atoms. The van der Waals surface area contributed by atoms with E-state index >= 15 is 0 Å². The first-order valence-corrected chi connectivity index (χ1v) is 11.5. The molecule has 2 N–H and O–H groups in total. The lowest BCUT2D eigenvalue weighted by molar-refractivity contribution is 0.0952. The Hall–Kier alpha value is -3.32. The largest absolute Gasteiger partial charge is 0.497 e. The zero-order valence-electron chi connectivity index (χ0n) is 17.6. The lowest BCUT2D eigenvalue weighted by Crippen LogP contribution is -2.26. The van der Waals surface area contributed by atoms with Crippen molar-refractivity contribution in [2.75, 3.05) is 18.4 Å². The molecule has 3 aromatic rings. The summed E-state index contributed by atoms with van der Waals surface area (Å²) in [6.07, 6.45) is 1.66. The lowest BCUT2D eigenvalue weighted by atomic mass is 10.1. The number of carbonyl (C=O) groups excluding carboxylic acids is 1. The van der Waals surface area contributed by atoms with Gasteiger partial charge in [-0.1, -0.05) is 36.4 Å². The minimum atomic E-state index is -3.84. The van der Waals surface area contributed by atoms with Gasteiger partial charge in [0.05, 0.1) is 12.0 Å². The Morgan fingerprint density at radius 3 is 2.35 bits per heavy atom. The summed E-state index contributed by atoms with van der Waals surface area (Å²) in [6, 6.07) is 21.2. The van der Waals surface area contributed by atoms with E-state index in [1.807, 2.05) is 18.2 Å². The van der Waals surface area contributed by atoms with Crippen LogP contribution in [0.3, 0.4) is 0 Å². The van der Waals surface area contributed by atoms with Crippen LogP contribution in [-0.2, 0) is 16.4 Å². The Labute approximate surface area is 183 Å². The van der Waals surface area contributed by atoms with E-state index in [1.165, 1.54) is 17.7 Å². The van der Waals surface area contributed by atoms with Gasteiger partial charge in [-0.05, 0) is 67.3 Å². The summed E-state index contributed by atoms with van der Waals surface area (Å²) in [6.45, 7) is 2.29. The first-order valence-electron chi connectivity index (χ1n) is 9.99. The third-order valence-electron chi connectivity index (χ3n) is 4.88. The second-order valence-electron chi connectivity index (χ2n) is 7.16. The standard InChI is InChI=1S/C24H26N2O4S/c1-18-10-15-22(31(28,29)26-20-11-13-21(30-2)14-12-20)17-23(18)24(27)25-16-6-9-19-7-4-3-5-8-19/h3-5,7-8,10-15,17,26H,6,9,16H2,1-2H3,(H,25,27). The minimum absolute atomic E-state index is 0.0309. The van der Waals surface area contributed by atoms with Gasteiger partial charge in [-0.2, -0.15) is 0 Å². The number of sulfonamides is 1. The number of carbonyl (C=O) groups is 1. The van der Waals surface area contributed by atoms with Crippen LogP contribution in [0.2, 0.25) is 0 Å². The van der Waals surface area contributed by atoms with Gasteiger partial charge in [-0.3, -0.25) is 9.52 Å². The van der Waals surface area contributed by atoms with Gasteiger partial charge < -0.3 is 10.1 Å². The third-order valence-corrected chi connectivity index (χ3v) is 6.26. The molecule has 1 amide bonds. The van der Waals surface area contributed by atoms with Gasteiger partial charge in [0.2, 0.25) is 0 Å². The maximum absolute atomic E-state index is 12.8. The van der Waals surface area contributed by atoms with E-state index in [0.717, 1.165) is 12.8 Å². The average Bonchev–Trinajstić information content (AvgIpc) is 2.77. The number of benzene rings is 3. The third kappa shape index (κ3) is 6.08. The Kier molecular flexibility index (Phi) is 7.31. The molecule has 0 saturated heterocycles. The highest BCUT2D eigenvalue weighted by Gasteiger charge is 2.18. The maximum atomic E-state index is 12.8. The van der Waals surface area contributed by atoms with Gasteiger partial charge in [-0.25, -0.2) is 8.42 Å². The van der Waals surface area contributed by atoms with Gasteiger partial charge in [0.1, 0.15) is 5.75 Å². The molecule has 6 nitrogen and oxygen atoms in total. The summed E-state index contributed by atoms with van der Waals surface area (Å²) in [5.41, 5.74) is 2.68. The first kappa shape index (κ1) is 22.4. The van der Waals surface area contributed by atoms with Crippen LogP contribution in [0, 0.1) is 6.92 Å². The van der Waals surface area contributed by atoms with E-state index in [9.17, 15) is 13.2 Å². The Bertz CT molecular complexity index is 1130. The fourth-order valence-corrected chi connectivity index (χ4v) is 4.20. The fourth-order valence-electron chi connectivity index (χ4n) is 3.12. The van der Waals surface area contributed by atoms with E-state index in [-0.39, 0.29) is 10.8 Å². The van der Waals surface area contributed by atoms with Crippen LogP contribution in [0.15, 0.2) is 77.7 Å². The van der Waals surface area contributed by atoms with Gasteiger partial charge in [0.25, 0.3) is 15.9 Å². The molecule has 0 radical (unpaired) electrons. The molecular formula is C24H26N2O4S. The van der Waals surface area contributed by atoms with Gasteiger partial charge >= 0.3 is 0 Å². The van der Waals surface area contributed by atoms with Crippen molar-refractivity contribution in [3.05, 3.63) is 89.5 Å². The summed E-state index contributed by atoms with van der Waals surface area (Å²) in [4.78, 5) is 12.7. The van der Waals surface area contributed by atoms with Crippen molar-refractivity contribution in [3.8, 4) is 5.75 Å². The molecule has 0 unspecified atom stereocenters. The topological polar surface area (TPSA) is 84.5 Å². The number of hydrogen-bond donors (Lipinski definition) is 2. The second kappa shape index (κ2) is 10.1. The molecule has 3 rings (SSSR count). The molecule has 0 spiro atoms. The van der Waals surface area contributed by atoms with E-state index in [2.05, 4.69) is 22.2 Å². The number of ether oxygens (including phenoxy) is 1. The predicted octanol–water partition coefficient (Wildman–Crippen LogP) is 4.17. The number of aryl methyl sites for hydroxylation is 2. The number of amides is 1. The van der Waals surface area contributed by atoms with Gasteiger partial charge in [-0.15, -0.1) is 0 Å². The molecule has 0 atom stereocenters. The number of methoxy groups -OCH3 is 1. The van der Waals surface area contributed by atoms with E-state index < -0.39 is 10.0 Å². The van der Waals surface area contributed by atoms with E-state index in [0.29, 0.717) is 29.1 Å². The molecule has 0 aliphatic carbocycles. The zero-order chi connectivity index (χ0) is 22.3.